The Hall–Kier alpha value is -2.93. The van der Waals surface area contributed by atoms with E-state index in [1.54, 1.807) is 31.2 Å². The third-order valence-electron chi connectivity index (χ3n) is 4.11. The van der Waals surface area contributed by atoms with Crippen LogP contribution in [0.3, 0.4) is 0 Å². The largest absolute Gasteiger partial charge is 0.492 e. The summed E-state index contributed by atoms with van der Waals surface area (Å²) in [5.41, 5.74) is 2.64. The molecule has 0 unspecified atom stereocenters. The third kappa shape index (κ3) is 6.57. The first-order valence-corrected chi connectivity index (χ1v) is 9.96. The molecule has 0 aliphatic carbocycles. The van der Waals surface area contributed by atoms with Crippen LogP contribution in [-0.4, -0.2) is 23.5 Å². The van der Waals surface area contributed by atoms with E-state index in [-0.39, 0.29) is 16.9 Å². The summed E-state index contributed by atoms with van der Waals surface area (Å²) in [6.45, 7) is 8.26. The van der Waals surface area contributed by atoms with Gasteiger partial charge in [-0.1, -0.05) is 39.0 Å². The molecule has 2 rings (SSSR count). The predicted octanol–water partition coefficient (Wildman–Crippen LogP) is 4.51. The summed E-state index contributed by atoms with van der Waals surface area (Å²) in [5.74, 6) is 0.438. The number of thiocarbonyl (C=S) groups is 1. The Kier molecular flexibility index (Phi) is 8.15. The minimum absolute atomic E-state index is 0.0702. The fourth-order valence-corrected chi connectivity index (χ4v) is 2.71. The van der Waals surface area contributed by atoms with Gasteiger partial charge in [0.1, 0.15) is 5.75 Å². The van der Waals surface area contributed by atoms with E-state index in [1.807, 2.05) is 39.0 Å². The fourth-order valence-electron chi connectivity index (χ4n) is 2.51. The van der Waals surface area contributed by atoms with Crippen LogP contribution < -0.4 is 20.7 Å². The van der Waals surface area contributed by atoms with Crippen molar-refractivity contribution in [3.8, 4) is 5.75 Å². The van der Waals surface area contributed by atoms with Gasteiger partial charge in [-0.05, 0) is 54.9 Å². The first-order valence-electron chi connectivity index (χ1n) is 9.55. The first-order chi connectivity index (χ1) is 13.8. The summed E-state index contributed by atoms with van der Waals surface area (Å²) >= 11 is 5.30. The quantitative estimate of drug-likeness (QED) is 0.582. The number of amides is 2. The van der Waals surface area contributed by atoms with Crippen LogP contribution >= 0.6 is 12.2 Å². The van der Waals surface area contributed by atoms with Gasteiger partial charge >= 0.3 is 0 Å². The summed E-state index contributed by atoms with van der Waals surface area (Å²) in [5, 5.41) is 8.71. The van der Waals surface area contributed by atoms with Crippen molar-refractivity contribution in [2.24, 2.45) is 5.92 Å². The number of benzene rings is 2. The summed E-state index contributed by atoms with van der Waals surface area (Å²) in [4.78, 5) is 24.3. The van der Waals surface area contributed by atoms with Gasteiger partial charge in [-0.15, -0.1) is 0 Å². The molecule has 154 valence electrons. The zero-order valence-corrected chi connectivity index (χ0v) is 18.0. The highest BCUT2D eigenvalue weighted by Crippen LogP contribution is 2.24. The first kappa shape index (κ1) is 22.4. The molecule has 3 N–H and O–H groups in total. The second kappa shape index (κ2) is 10.6. The molecule has 0 radical (unpaired) electrons. The van der Waals surface area contributed by atoms with Crippen LogP contribution in [0.5, 0.6) is 5.75 Å². The van der Waals surface area contributed by atoms with Crippen molar-refractivity contribution >= 4 is 40.5 Å². The van der Waals surface area contributed by atoms with E-state index >= 15 is 0 Å². The smallest absolute Gasteiger partial charge is 0.261 e. The molecule has 0 heterocycles. The molecule has 0 saturated carbocycles. The van der Waals surface area contributed by atoms with Crippen molar-refractivity contribution in [2.75, 3.05) is 17.2 Å². The number of carbonyl (C=O) groups excluding carboxylic acids is 2. The van der Waals surface area contributed by atoms with Gasteiger partial charge in [-0.2, -0.15) is 0 Å². The maximum absolute atomic E-state index is 12.7. The molecule has 6 nitrogen and oxygen atoms in total. The molecular formula is C22H27N3O3S. The van der Waals surface area contributed by atoms with Crippen molar-refractivity contribution in [3.63, 3.8) is 0 Å². The molecule has 0 fully saturated rings. The van der Waals surface area contributed by atoms with Gasteiger partial charge < -0.3 is 15.4 Å². The highest BCUT2D eigenvalue weighted by Gasteiger charge is 2.15. The number of rotatable bonds is 7. The normalized spacial score (nSPS) is 10.4. The molecule has 0 aliphatic rings. The monoisotopic (exact) mass is 413 g/mol. The number of anilines is 2. The molecule has 29 heavy (non-hydrogen) atoms. The van der Waals surface area contributed by atoms with E-state index in [0.717, 1.165) is 5.56 Å². The van der Waals surface area contributed by atoms with E-state index in [0.29, 0.717) is 41.6 Å². The lowest BCUT2D eigenvalue weighted by atomic mass is 10.1. The molecule has 0 aliphatic heterocycles. The summed E-state index contributed by atoms with van der Waals surface area (Å²) < 4.78 is 5.74. The average Bonchev–Trinajstić information content (AvgIpc) is 2.69. The third-order valence-corrected chi connectivity index (χ3v) is 4.31. The van der Waals surface area contributed by atoms with Gasteiger partial charge in [0.25, 0.3) is 5.91 Å². The maximum Gasteiger partial charge on any atom is 0.261 e. The van der Waals surface area contributed by atoms with Gasteiger partial charge in [-0.3, -0.25) is 14.9 Å². The van der Waals surface area contributed by atoms with Gasteiger partial charge in [0.05, 0.1) is 12.2 Å². The Bertz CT molecular complexity index is 897. The number of carbonyl (C=O) groups is 2. The van der Waals surface area contributed by atoms with Gasteiger partial charge in [-0.25, -0.2) is 0 Å². The molecule has 2 aromatic rings. The summed E-state index contributed by atoms with van der Waals surface area (Å²) in [6.07, 6.45) is 0.393. The predicted molar refractivity (Wildman–Crippen MR) is 121 cm³/mol. The van der Waals surface area contributed by atoms with Crippen LogP contribution in [0.1, 0.15) is 43.1 Å². The molecule has 0 aromatic heterocycles. The maximum atomic E-state index is 12.7. The molecular weight excluding hydrogens is 386 g/mol. The zero-order chi connectivity index (χ0) is 21.4. The van der Waals surface area contributed by atoms with Crippen molar-refractivity contribution in [1.82, 2.24) is 5.32 Å². The number of para-hydroxylation sites is 1. The van der Waals surface area contributed by atoms with Crippen molar-refractivity contribution in [2.45, 2.75) is 34.1 Å². The SMILES string of the molecule is CCC(=O)Nc1cccc(NC(=S)NC(=O)c2ccccc2OCC(C)C)c1C. The highest BCUT2D eigenvalue weighted by atomic mass is 32.1. The highest BCUT2D eigenvalue weighted by molar-refractivity contribution is 7.80. The van der Waals surface area contributed by atoms with Crippen LogP contribution in [0.2, 0.25) is 0 Å². The second-order valence-electron chi connectivity index (χ2n) is 6.99. The van der Waals surface area contributed by atoms with Crippen molar-refractivity contribution in [3.05, 3.63) is 53.6 Å². The standard InChI is InChI=1S/C22H27N3O3S/c1-5-20(26)23-17-10-8-11-18(15(17)4)24-22(29)25-21(27)16-9-6-7-12-19(16)28-13-14(2)3/h6-12,14H,5,13H2,1-4H3,(H,23,26)(H2,24,25,27,29). The van der Waals surface area contributed by atoms with E-state index in [1.165, 1.54) is 0 Å². The lowest BCUT2D eigenvalue weighted by molar-refractivity contribution is -0.115. The van der Waals surface area contributed by atoms with E-state index in [9.17, 15) is 9.59 Å². The minimum atomic E-state index is -0.352. The fraction of sp³-hybridized carbons (Fsp3) is 0.318. The molecule has 2 amide bonds. The van der Waals surface area contributed by atoms with E-state index in [4.69, 9.17) is 17.0 Å². The molecule has 0 bridgehead atoms. The van der Waals surface area contributed by atoms with Crippen LogP contribution in [0.25, 0.3) is 0 Å². The zero-order valence-electron chi connectivity index (χ0n) is 17.2. The lowest BCUT2D eigenvalue weighted by Crippen LogP contribution is -2.34. The summed E-state index contributed by atoms with van der Waals surface area (Å²) in [7, 11) is 0. The van der Waals surface area contributed by atoms with Crippen LogP contribution in [0, 0.1) is 12.8 Å². The Labute approximate surface area is 177 Å². The Morgan fingerprint density at radius 3 is 2.34 bits per heavy atom. The van der Waals surface area contributed by atoms with Crippen LogP contribution in [0.15, 0.2) is 42.5 Å². The molecule has 0 atom stereocenters. The summed E-state index contributed by atoms with van der Waals surface area (Å²) in [6, 6.07) is 12.5. The van der Waals surface area contributed by atoms with Gasteiger partial charge in [0.15, 0.2) is 5.11 Å². The number of hydrogen-bond acceptors (Lipinski definition) is 4. The molecule has 0 saturated heterocycles. The number of ether oxygens (including phenoxy) is 1. The Balaban J connectivity index is 2.07. The van der Waals surface area contributed by atoms with Gasteiger partial charge in [0.2, 0.25) is 5.91 Å². The lowest BCUT2D eigenvalue weighted by Gasteiger charge is -2.16. The Morgan fingerprint density at radius 2 is 1.69 bits per heavy atom. The van der Waals surface area contributed by atoms with Crippen LogP contribution in [-0.2, 0) is 4.79 Å². The number of nitrogens with one attached hydrogen (secondary N) is 3. The molecule has 2 aromatic carbocycles. The van der Waals surface area contributed by atoms with Crippen molar-refractivity contribution < 1.29 is 14.3 Å². The molecule has 7 heteroatoms. The topological polar surface area (TPSA) is 79.5 Å². The number of hydrogen-bond donors (Lipinski definition) is 3. The van der Waals surface area contributed by atoms with Crippen molar-refractivity contribution in [1.29, 1.82) is 0 Å². The van der Waals surface area contributed by atoms with E-state index < -0.39 is 0 Å². The minimum Gasteiger partial charge on any atom is -0.492 e. The van der Waals surface area contributed by atoms with Crippen LogP contribution in [0.4, 0.5) is 11.4 Å². The second-order valence-corrected chi connectivity index (χ2v) is 7.40. The average molecular weight is 414 g/mol. The van der Waals surface area contributed by atoms with E-state index in [2.05, 4.69) is 16.0 Å². The molecule has 0 spiro atoms. The van der Waals surface area contributed by atoms with Gasteiger partial charge in [0, 0.05) is 17.8 Å². The Morgan fingerprint density at radius 1 is 1.03 bits per heavy atom.